The Morgan fingerprint density at radius 2 is 1.88 bits per heavy atom. The lowest BCUT2D eigenvalue weighted by molar-refractivity contribution is -0.0172. The minimum atomic E-state index is -0.271. The van der Waals surface area contributed by atoms with E-state index in [2.05, 4.69) is 44.8 Å². The molecule has 0 bridgehead atoms. The van der Waals surface area contributed by atoms with E-state index in [0.717, 1.165) is 49.7 Å². The van der Waals surface area contributed by atoms with Crippen LogP contribution in [0.2, 0.25) is 0 Å². The normalized spacial score (nSPS) is 16.9. The van der Waals surface area contributed by atoms with Crippen LogP contribution in [0.4, 0.5) is 4.39 Å². The standard InChI is InChI=1S/C24H31FN4O3/c1-26-24(27-7-6-18-12-22(25)13-21-16-31-17-32-23(18)21)28-14-19-4-2-3-5-20(19)15-29-8-10-30-11-9-29/h2-5,12-13H,6-11,14-17H2,1H3,(H2,26,27,28). The van der Waals surface area contributed by atoms with Crippen molar-refractivity contribution >= 4 is 5.96 Å². The average molecular weight is 443 g/mol. The van der Waals surface area contributed by atoms with E-state index in [4.69, 9.17) is 14.2 Å². The van der Waals surface area contributed by atoms with Gasteiger partial charge in [0.2, 0.25) is 0 Å². The van der Waals surface area contributed by atoms with Gasteiger partial charge in [0.15, 0.2) is 12.8 Å². The van der Waals surface area contributed by atoms with Crippen LogP contribution >= 0.6 is 0 Å². The van der Waals surface area contributed by atoms with Gasteiger partial charge in [-0.05, 0) is 35.2 Å². The van der Waals surface area contributed by atoms with Crippen LogP contribution in [0.25, 0.3) is 0 Å². The third-order valence-corrected chi connectivity index (χ3v) is 5.72. The molecule has 0 radical (unpaired) electrons. The summed E-state index contributed by atoms with van der Waals surface area (Å²) in [4.78, 5) is 6.75. The van der Waals surface area contributed by atoms with Gasteiger partial charge in [0, 0.05) is 45.3 Å². The topological polar surface area (TPSA) is 67.4 Å². The first-order chi connectivity index (χ1) is 15.7. The zero-order chi connectivity index (χ0) is 22.2. The summed E-state index contributed by atoms with van der Waals surface area (Å²) in [6.45, 7) is 6.29. The van der Waals surface area contributed by atoms with Crippen molar-refractivity contribution in [1.82, 2.24) is 15.5 Å². The lowest BCUT2D eigenvalue weighted by Crippen LogP contribution is -2.38. The molecular weight excluding hydrogens is 411 g/mol. The lowest BCUT2D eigenvalue weighted by Gasteiger charge is -2.27. The molecular formula is C24H31FN4O3. The first kappa shape index (κ1) is 22.5. The molecule has 0 saturated carbocycles. The molecule has 8 heteroatoms. The molecule has 2 N–H and O–H groups in total. The van der Waals surface area contributed by atoms with Crippen molar-refractivity contribution in [2.75, 3.05) is 46.7 Å². The molecule has 0 aromatic heterocycles. The summed E-state index contributed by atoms with van der Waals surface area (Å²) in [6.07, 6.45) is 0.619. The molecule has 2 aliphatic rings. The highest BCUT2D eigenvalue weighted by Crippen LogP contribution is 2.29. The predicted octanol–water partition coefficient (Wildman–Crippen LogP) is 2.43. The van der Waals surface area contributed by atoms with Crippen molar-refractivity contribution < 1.29 is 18.6 Å². The smallest absolute Gasteiger partial charge is 0.191 e. The van der Waals surface area contributed by atoms with E-state index in [1.807, 2.05) is 0 Å². The summed E-state index contributed by atoms with van der Waals surface area (Å²) in [5, 5.41) is 6.71. The molecule has 4 rings (SSSR count). The van der Waals surface area contributed by atoms with Crippen molar-refractivity contribution in [2.45, 2.75) is 26.1 Å². The number of morpholine rings is 1. The second-order valence-electron chi connectivity index (χ2n) is 7.92. The summed E-state index contributed by atoms with van der Waals surface area (Å²) >= 11 is 0. The number of nitrogens with zero attached hydrogens (tertiary/aromatic N) is 2. The highest BCUT2D eigenvalue weighted by atomic mass is 19.1. The number of nitrogens with one attached hydrogen (secondary N) is 2. The van der Waals surface area contributed by atoms with Crippen molar-refractivity contribution in [1.29, 1.82) is 0 Å². The van der Waals surface area contributed by atoms with E-state index >= 15 is 0 Å². The zero-order valence-electron chi connectivity index (χ0n) is 18.5. The summed E-state index contributed by atoms with van der Waals surface area (Å²) < 4.78 is 30.3. The van der Waals surface area contributed by atoms with Gasteiger partial charge >= 0.3 is 0 Å². The number of ether oxygens (including phenoxy) is 3. The molecule has 2 aromatic carbocycles. The van der Waals surface area contributed by atoms with Crippen LogP contribution in [0.15, 0.2) is 41.4 Å². The predicted molar refractivity (Wildman–Crippen MR) is 121 cm³/mol. The number of hydrogen-bond donors (Lipinski definition) is 2. The Bertz CT molecular complexity index is 931. The molecule has 32 heavy (non-hydrogen) atoms. The SMILES string of the molecule is CN=C(NCCc1cc(F)cc2c1OCOC2)NCc1ccccc1CN1CCOCC1. The van der Waals surface area contributed by atoms with Gasteiger partial charge in [0.1, 0.15) is 11.6 Å². The Balaban J connectivity index is 1.30. The molecule has 0 amide bonds. The van der Waals surface area contributed by atoms with Gasteiger partial charge in [-0.25, -0.2) is 4.39 Å². The van der Waals surface area contributed by atoms with Gasteiger partial charge in [-0.3, -0.25) is 9.89 Å². The van der Waals surface area contributed by atoms with Crippen LogP contribution in [0.1, 0.15) is 22.3 Å². The third-order valence-electron chi connectivity index (χ3n) is 5.72. The highest BCUT2D eigenvalue weighted by molar-refractivity contribution is 5.79. The van der Waals surface area contributed by atoms with Gasteiger partial charge in [-0.15, -0.1) is 0 Å². The number of aliphatic imine (C=N–C) groups is 1. The van der Waals surface area contributed by atoms with Gasteiger partial charge in [-0.2, -0.15) is 0 Å². The van der Waals surface area contributed by atoms with Gasteiger partial charge in [-0.1, -0.05) is 24.3 Å². The second-order valence-corrected chi connectivity index (χ2v) is 7.92. The summed E-state index contributed by atoms with van der Waals surface area (Å²) in [5.74, 6) is 1.17. The Morgan fingerprint density at radius 3 is 2.69 bits per heavy atom. The van der Waals surface area contributed by atoms with E-state index in [1.165, 1.54) is 23.3 Å². The van der Waals surface area contributed by atoms with E-state index in [1.54, 1.807) is 7.05 Å². The van der Waals surface area contributed by atoms with Crippen LogP contribution in [0.5, 0.6) is 5.75 Å². The molecule has 172 valence electrons. The Labute approximate surface area is 188 Å². The minimum absolute atomic E-state index is 0.201. The molecule has 2 aliphatic heterocycles. The van der Waals surface area contributed by atoms with E-state index in [9.17, 15) is 4.39 Å². The van der Waals surface area contributed by atoms with Crippen molar-refractivity contribution in [3.8, 4) is 5.75 Å². The molecule has 0 atom stereocenters. The van der Waals surface area contributed by atoms with E-state index in [-0.39, 0.29) is 12.6 Å². The van der Waals surface area contributed by atoms with Gasteiger partial charge in [0.25, 0.3) is 0 Å². The molecule has 2 aromatic rings. The van der Waals surface area contributed by atoms with Gasteiger partial charge in [0.05, 0.1) is 19.8 Å². The number of hydrogen-bond acceptors (Lipinski definition) is 5. The first-order valence-electron chi connectivity index (χ1n) is 11.1. The van der Waals surface area contributed by atoms with Crippen LogP contribution in [-0.4, -0.2) is 57.5 Å². The Hall–Kier alpha value is -2.68. The molecule has 1 saturated heterocycles. The highest BCUT2D eigenvalue weighted by Gasteiger charge is 2.17. The summed E-state index contributed by atoms with van der Waals surface area (Å²) in [6, 6.07) is 11.5. The van der Waals surface area contributed by atoms with E-state index < -0.39 is 0 Å². The molecule has 1 fully saturated rings. The van der Waals surface area contributed by atoms with Crippen LogP contribution in [0, 0.1) is 5.82 Å². The number of halogens is 1. The quantitative estimate of drug-likeness (QED) is 0.507. The van der Waals surface area contributed by atoms with Crippen LogP contribution < -0.4 is 15.4 Å². The fourth-order valence-electron chi connectivity index (χ4n) is 4.04. The molecule has 7 nitrogen and oxygen atoms in total. The Kier molecular flexibility index (Phi) is 7.92. The fraction of sp³-hybridized carbons (Fsp3) is 0.458. The van der Waals surface area contributed by atoms with Crippen LogP contribution in [-0.2, 0) is 35.6 Å². The second kappa shape index (κ2) is 11.3. The molecule has 0 aliphatic carbocycles. The summed E-state index contributed by atoms with van der Waals surface area (Å²) in [7, 11) is 1.75. The third kappa shape index (κ3) is 5.97. The number of benzene rings is 2. The number of guanidine groups is 1. The first-order valence-corrected chi connectivity index (χ1v) is 11.1. The average Bonchev–Trinajstić information content (AvgIpc) is 2.82. The maximum atomic E-state index is 13.9. The summed E-state index contributed by atoms with van der Waals surface area (Å²) in [5.41, 5.74) is 4.14. The molecule has 0 unspecified atom stereocenters. The Morgan fingerprint density at radius 1 is 1.06 bits per heavy atom. The van der Waals surface area contributed by atoms with Gasteiger partial charge < -0.3 is 24.8 Å². The fourth-order valence-corrected chi connectivity index (χ4v) is 4.04. The number of rotatable bonds is 7. The zero-order valence-corrected chi connectivity index (χ0v) is 18.5. The van der Waals surface area contributed by atoms with Crippen molar-refractivity contribution in [3.63, 3.8) is 0 Å². The monoisotopic (exact) mass is 442 g/mol. The number of fused-ring (bicyclic) bond motifs is 1. The molecule has 2 heterocycles. The maximum Gasteiger partial charge on any atom is 0.191 e. The van der Waals surface area contributed by atoms with Crippen LogP contribution in [0.3, 0.4) is 0 Å². The van der Waals surface area contributed by atoms with Crippen molar-refractivity contribution in [3.05, 3.63) is 64.5 Å². The maximum absolute atomic E-state index is 13.9. The largest absolute Gasteiger partial charge is 0.467 e. The van der Waals surface area contributed by atoms with Crippen molar-refractivity contribution in [2.24, 2.45) is 4.99 Å². The molecule has 0 spiro atoms. The lowest BCUT2D eigenvalue weighted by atomic mass is 10.1. The minimum Gasteiger partial charge on any atom is -0.467 e. The van der Waals surface area contributed by atoms with E-state index in [0.29, 0.717) is 32.1 Å².